The highest BCUT2D eigenvalue weighted by Crippen LogP contribution is 2.33. The molecule has 3 rings (SSSR count). The standard InChI is InChI=1S/C14H15NO3S/c16-19(17,18)13-8-4-6-11-5-3-7-12(14(11)13)15-9-1-2-10-15/h3-8H,1-2,9-10H2,(H,16,17,18). The van der Waals surface area contributed by atoms with Gasteiger partial charge in [0.1, 0.15) is 4.90 Å². The second-order valence-electron chi connectivity index (χ2n) is 4.80. The van der Waals surface area contributed by atoms with Crippen molar-refractivity contribution in [3.05, 3.63) is 36.4 Å². The Morgan fingerprint density at radius 1 is 1.00 bits per heavy atom. The summed E-state index contributed by atoms with van der Waals surface area (Å²) < 4.78 is 32.5. The molecule has 1 fully saturated rings. The number of fused-ring (bicyclic) bond motifs is 1. The van der Waals surface area contributed by atoms with Crippen molar-refractivity contribution < 1.29 is 13.0 Å². The molecule has 1 heterocycles. The third-order valence-electron chi connectivity index (χ3n) is 3.57. The summed E-state index contributed by atoms with van der Waals surface area (Å²) in [6.07, 6.45) is 2.23. The maximum Gasteiger partial charge on any atom is 0.295 e. The van der Waals surface area contributed by atoms with E-state index >= 15 is 0 Å². The third kappa shape index (κ3) is 2.19. The zero-order valence-corrected chi connectivity index (χ0v) is 11.2. The smallest absolute Gasteiger partial charge is 0.295 e. The summed E-state index contributed by atoms with van der Waals surface area (Å²) >= 11 is 0. The summed E-state index contributed by atoms with van der Waals surface area (Å²) in [6.45, 7) is 1.86. The van der Waals surface area contributed by atoms with Crippen molar-refractivity contribution in [2.75, 3.05) is 18.0 Å². The zero-order chi connectivity index (χ0) is 13.5. The van der Waals surface area contributed by atoms with E-state index in [0.717, 1.165) is 37.0 Å². The quantitative estimate of drug-likeness (QED) is 0.857. The highest BCUT2D eigenvalue weighted by Gasteiger charge is 2.20. The van der Waals surface area contributed by atoms with Crippen LogP contribution in [0.1, 0.15) is 12.8 Å². The van der Waals surface area contributed by atoms with E-state index in [0.29, 0.717) is 5.39 Å². The number of benzene rings is 2. The van der Waals surface area contributed by atoms with Crippen molar-refractivity contribution in [3.63, 3.8) is 0 Å². The van der Waals surface area contributed by atoms with Crippen LogP contribution in [0.3, 0.4) is 0 Å². The van der Waals surface area contributed by atoms with Gasteiger partial charge in [0.25, 0.3) is 10.1 Å². The first-order chi connectivity index (χ1) is 9.07. The van der Waals surface area contributed by atoms with Crippen LogP contribution < -0.4 is 4.90 Å². The van der Waals surface area contributed by atoms with Gasteiger partial charge in [0, 0.05) is 24.2 Å². The van der Waals surface area contributed by atoms with E-state index in [4.69, 9.17) is 0 Å². The van der Waals surface area contributed by atoms with Gasteiger partial charge >= 0.3 is 0 Å². The molecule has 1 saturated heterocycles. The summed E-state index contributed by atoms with van der Waals surface area (Å²) in [5, 5.41) is 1.45. The van der Waals surface area contributed by atoms with E-state index in [-0.39, 0.29) is 4.90 Å². The Balaban J connectivity index is 2.33. The molecule has 0 amide bonds. The van der Waals surface area contributed by atoms with Crippen molar-refractivity contribution in [1.29, 1.82) is 0 Å². The number of rotatable bonds is 2. The fourth-order valence-corrected chi connectivity index (χ4v) is 3.45. The Morgan fingerprint density at radius 3 is 2.26 bits per heavy atom. The van der Waals surface area contributed by atoms with Crippen molar-refractivity contribution in [2.24, 2.45) is 0 Å². The lowest BCUT2D eigenvalue weighted by molar-refractivity contribution is 0.484. The van der Waals surface area contributed by atoms with Gasteiger partial charge in [-0.2, -0.15) is 8.42 Å². The van der Waals surface area contributed by atoms with Gasteiger partial charge in [0.05, 0.1) is 0 Å². The van der Waals surface area contributed by atoms with Crippen molar-refractivity contribution in [1.82, 2.24) is 0 Å². The molecule has 1 aliphatic heterocycles. The molecule has 0 atom stereocenters. The van der Waals surface area contributed by atoms with Gasteiger partial charge < -0.3 is 4.90 Å². The Labute approximate surface area is 112 Å². The SMILES string of the molecule is O=S(=O)(O)c1cccc2cccc(N3CCCC3)c12. The van der Waals surface area contributed by atoms with Crippen LogP contribution in [0.5, 0.6) is 0 Å². The predicted molar refractivity (Wildman–Crippen MR) is 75.2 cm³/mol. The minimum atomic E-state index is -4.21. The van der Waals surface area contributed by atoms with Gasteiger partial charge in [-0.05, 0) is 30.4 Å². The topological polar surface area (TPSA) is 57.6 Å². The van der Waals surface area contributed by atoms with Crippen molar-refractivity contribution in [3.8, 4) is 0 Å². The third-order valence-corrected chi connectivity index (χ3v) is 4.47. The number of anilines is 1. The van der Waals surface area contributed by atoms with E-state index in [1.165, 1.54) is 6.07 Å². The summed E-state index contributed by atoms with van der Waals surface area (Å²) in [5.41, 5.74) is 0.892. The lowest BCUT2D eigenvalue weighted by Gasteiger charge is -2.20. The number of hydrogen-bond donors (Lipinski definition) is 1. The van der Waals surface area contributed by atoms with Crippen LogP contribution in [-0.2, 0) is 10.1 Å². The van der Waals surface area contributed by atoms with E-state index in [9.17, 15) is 13.0 Å². The van der Waals surface area contributed by atoms with Gasteiger partial charge in [-0.3, -0.25) is 4.55 Å². The number of nitrogens with zero attached hydrogens (tertiary/aromatic N) is 1. The summed E-state index contributed by atoms with van der Waals surface area (Å²) in [7, 11) is -4.21. The highest BCUT2D eigenvalue weighted by atomic mass is 32.2. The van der Waals surface area contributed by atoms with E-state index < -0.39 is 10.1 Å². The molecule has 2 aromatic carbocycles. The Kier molecular flexibility index (Phi) is 2.95. The monoisotopic (exact) mass is 277 g/mol. The van der Waals surface area contributed by atoms with Crippen LogP contribution in [0.25, 0.3) is 10.8 Å². The zero-order valence-electron chi connectivity index (χ0n) is 10.4. The molecule has 1 aliphatic rings. The van der Waals surface area contributed by atoms with Gasteiger partial charge in [0.15, 0.2) is 0 Å². The van der Waals surface area contributed by atoms with Crippen LogP contribution in [0.15, 0.2) is 41.3 Å². The Morgan fingerprint density at radius 2 is 1.63 bits per heavy atom. The lowest BCUT2D eigenvalue weighted by atomic mass is 10.1. The van der Waals surface area contributed by atoms with E-state index in [1.807, 2.05) is 24.3 Å². The Bertz CT molecular complexity index is 713. The molecular formula is C14H15NO3S. The molecule has 2 aromatic rings. The largest absolute Gasteiger partial charge is 0.371 e. The first-order valence-electron chi connectivity index (χ1n) is 6.31. The molecule has 5 heteroatoms. The van der Waals surface area contributed by atoms with Crippen molar-refractivity contribution >= 4 is 26.6 Å². The first-order valence-corrected chi connectivity index (χ1v) is 7.75. The molecule has 0 aromatic heterocycles. The highest BCUT2D eigenvalue weighted by molar-refractivity contribution is 7.86. The molecule has 19 heavy (non-hydrogen) atoms. The van der Waals surface area contributed by atoms with Crippen molar-refractivity contribution in [2.45, 2.75) is 17.7 Å². The molecule has 100 valence electrons. The normalized spacial score (nSPS) is 16.2. The average molecular weight is 277 g/mol. The van der Waals surface area contributed by atoms with E-state index in [1.54, 1.807) is 6.07 Å². The van der Waals surface area contributed by atoms with Crippen LogP contribution in [0.2, 0.25) is 0 Å². The molecule has 1 N–H and O–H groups in total. The number of hydrogen-bond acceptors (Lipinski definition) is 3. The lowest BCUT2D eigenvalue weighted by Crippen LogP contribution is -2.18. The van der Waals surface area contributed by atoms with Crippen LogP contribution >= 0.6 is 0 Å². The van der Waals surface area contributed by atoms with Crippen LogP contribution in [0, 0.1) is 0 Å². The summed E-state index contributed by atoms with van der Waals surface area (Å²) in [5.74, 6) is 0. The van der Waals surface area contributed by atoms with Crippen LogP contribution in [-0.4, -0.2) is 26.1 Å². The molecule has 0 bridgehead atoms. The van der Waals surface area contributed by atoms with Gasteiger partial charge in [-0.1, -0.05) is 24.3 Å². The fraction of sp³-hybridized carbons (Fsp3) is 0.286. The molecule has 0 unspecified atom stereocenters. The minimum Gasteiger partial charge on any atom is -0.371 e. The van der Waals surface area contributed by atoms with Gasteiger partial charge in [0.2, 0.25) is 0 Å². The molecule has 0 spiro atoms. The van der Waals surface area contributed by atoms with Gasteiger partial charge in [-0.15, -0.1) is 0 Å². The fourth-order valence-electron chi connectivity index (χ4n) is 2.72. The predicted octanol–water partition coefficient (Wildman–Crippen LogP) is 2.69. The summed E-state index contributed by atoms with van der Waals surface area (Å²) in [6, 6.07) is 10.7. The molecular weight excluding hydrogens is 262 g/mol. The molecule has 0 saturated carbocycles. The average Bonchev–Trinajstić information content (AvgIpc) is 2.90. The molecule has 4 nitrogen and oxygen atoms in total. The minimum absolute atomic E-state index is 0.00694. The second kappa shape index (κ2) is 4.51. The van der Waals surface area contributed by atoms with E-state index in [2.05, 4.69) is 4.90 Å². The first kappa shape index (κ1) is 12.4. The van der Waals surface area contributed by atoms with Gasteiger partial charge in [-0.25, -0.2) is 0 Å². The molecule has 0 radical (unpaired) electrons. The van der Waals surface area contributed by atoms with Crippen LogP contribution in [0.4, 0.5) is 5.69 Å². The molecule has 0 aliphatic carbocycles. The maximum absolute atomic E-state index is 11.6. The Hall–Kier alpha value is -1.59. The summed E-state index contributed by atoms with van der Waals surface area (Å²) in [4.78, 5) is 2.17. The second-order valence-corrected chi connectivity index (χ2v) is 6.19. The maximum atomic E-state index is 11.6.